The molecule has 0 amide bonds. The fourth-order valence-electron chi connectivity index (χ4n) is 4.48. The SMILES string of the molecule is Cc1nc2c(-c3ccc(Cl)cc3F)nc(N3CCOC(C4CC(F)(F)C4)C3)cn2c(=O)c1C. The number of aromatic nitrogens is 3. The molecule has 0 radical (unpaired) electrons. The first kappa shape index (κ1) is 22.2. The van der Waals surface area contributed by atoms with Crippen LogP contribution in [0.1, 0.15) is 24.1 Å². The van der Waals surface area contributed by atoms with Gasteiger partial charge in [0, 0.05) is 47.8 Å². The fraction of sp³-hybridized carbons (Fsp3) is 0.435. The average Bonchev–Trinajstić information content (AvgIpc) is 2.76. The van der Waals surface area contributed by atoms with E-state index in [4.69, 9.17) is 16.3 Å². The predicted octanol–water partition coefficient (Wildman–Crippen LogP) is 4.42. The number of halogens is 4. The zero-order chi connectivity index (χ0) is 23.5. The highest BCUT2D eigenvalue weighted by atomic mass is 35.5. The Morgan fingerprint density at radius 1 is 1.21 bits per heavy atom. The molecule has 10 heteroatoms. The van der Waals surface area contributed by atoms with Crippen LogP contribution in [0.2, 0.25) is 5.02 Å². The van der Waals surface area contributed by atoms with Crippen LogP contribution in [-0.2, 0) is 4.74 Å². The molecule has 3 aromatic rings. The Labute approximate surface area is 193 Å². The molecule has 1 aromatic carbocycles. The summed E-state index contributed by atoms with van der Waals surface area (Å²) >= 11 is 5.93. The van der Waals surface area contributed by atoms with Crippen LogP contribution in [0.15, 0.2) is 29.2 Å². The lowest BCUT2D eigenvalue weighted by molar-refractivity contribution is -0.154. The van der Waals surface area contributed by atoms with E-state index in [1.165, 1.54) is 16.5 Å². The lowest BCUT2D eigenvalue weighted by Gasteiger charge is -2.44. The second-order valence-corrected chi connectivity index (χ2v) is 9.21. The maximum absolute atomic E-state index is 14.9. The van der Waals surface area contributed by atoms with Gasteiger partial charge in [-0.1, -0.05) is 11.6 Å². The average molecular weight is 479 g/mol. The number of hydrogen-bond acceptors (Lipinski definition) is 5. The first-order valence-corrected chi connectivity index (χ1v) is 11.1. The van der Waals surface area contributed by atoms with Crippen molar-refractivity contribution in [3.8, 4) is 11.3 Å². The predicted molar refractivity (Wildman–Crippen MR) is 119 cm³/mol. The molecule has 5 rings (SSSR count). The third kappa shape index (κ3) is 3.97. The van der Waals surface area contributed by atoms with Crippen LogP contribution in [0.4, 0.5) is 19.0 Å². The van der Waals surface area contributed by atoms with Gasteiger partial charge in [0.25, 0.3) is 5.56 Å². The second kappa shape index (κ2) is 7.99. The van der Waals surface area contributed by atoms with E-state index < -0.39 is 11.7 Å². The molecule has 1 atom stereocenters. The highest BCUT2D eigenvalue weighted by Crippen LogP contribution is 2.45. The van der Waals surface area contributed by atoms with E-state index in [2.05, 4.69) is 9.97 Å². The fourth-order valence-corrected chi connectivity index (χ4v) is 4.64. The number of hydrogen-bond donors (Lipinski definition) is 0. The molecule has 0 bridgehead atoms. The summed E-state index contributed by atoms with van der Waals surface area (Å²) < 4.78 is 48.8. The van der Waals surface area contributed by atoms with Gasteiger partial charge in [-0.25, -0.2) is 23.1 Å². The zero-order valence-electron chi connectivity index (χ0n) is 18.1. The van der Waals surface area contributed by atoms with Crippen molar-refractivity contribution in [3.05, 3.63) is 56.8 Å². The van der Waals surface area contributed by atoms with Gasteiger partial charge in [0.05, 0.1) is 18.9 Å². The summed E-state index contributed by atoms with van der Waals surface area (Å²) in [4.78, 5) is 24.2. The maximum Gasteiger partial charge on any atom is 0.261 e. The van der Waals surface area contributed by atoms with Gasteiger partial charge < -0.3 is 9.64 Å². The third-order valence-corrected chi connectivity index (χ3v) is 6.75. The summed E-state index contributed by atoms with van der Waals surface area (Å²) in [5.41, 5.74) is 1.33. The van der Waals surface area contributed by atoms with E-state index in [0.29, 0.717) is 36.8 Å². The lowest BCUT2D eigenvalue weighted by atomic mass is 9.77. The second-order valence-electron chi connectivity index (χ2n) is 8.77. The molecule has 2 aliphatic rings. The summed E-state index contributed by atoms with van der Waals surface area (Å²) in [7, 11) is 0. The monoisotopic (exact) mass is 478 g/mol. The van der Waals surface area contributed by atoms with Gasteiger partial charge in [0.15, 0.2) is 5.65 Å². The molecule has 2 fully saturated rings. The quantitative estimate of drug-likeness (QED) is 0.558. The molecule has 0 N–H and O–H groups in total. The number of anilines is 1. The summed E-state index contributed by atoms with van der Waals surface area (Å²) in [5.74, 6) is -3.02. The van der Waals surface area contributed by atoms with Gasteiger partial charge in [-0.05, 0) is 38.0 Å². The molecule has 1 unspecified atom stereocenters. The topological polar surface area (TPSA) is 59.7 Å². The Bertz CT molecular complexity index is 1310. The van der Waals surface area contributed by atoms with Crippen LogP contribution in [0.25, 0.3) is 16.9 Å². The van der Waals surface area contributed by atoms with Crippen molar-refractivity contribution in [2.45, 2.75) is 38.7 Å². The van der Waals surface area contributed by atoms with Crippen molar-refractivity contribution in [2.75, 3.05) is 24.6 Å². The van der Waals surface area contributed by atoms with Crippen molar-refractivity contribution >= 4 is 23.1 Å². The molecular formula is C23H22ClF3N4O2. The van der Waals surface area contributed by atoms with Crippen LogP contribution < -0.4 is 10.5 Å². The van der Waals surface area contributed by atoms with Crippen molar-refractivity contribution in [1.29, 1.82) is 0 Å². The zero-order valence-corrected chi connectivity index (χ0v) is 18.9. The van der Waals surface area contributed by atoms with Crippen LogP contribution in [0.3, 0.4) is 0 Å². The summed E-state index contributed by atoms with van der Waals surface area (Å²) in [6.07, 6.45) is 0.826. The standard InChI is InChI=1S/C23H22ClF3N4O2/c1-12-13(2)28-21-20(16-4-3-15(24)7-17(16)25)29-19(11-31(21)22(12)32)30-5-6-33-18(10-30)14-8-23(26,27)9-14/h3-4,7,11,14,18H,5-6,8-10H2,1-2H3. The van der Waals surface area contributed by atoms with Gasteiger partial charge in [-0.15, -0.1) is 0 Å². The number of rotatable bonds is 3. The van der Waals surface area contributed by atoms with Crippen molar-refractivity contribution < 1.29 is 17.9 Å². The molecule has 1 aliphatic heterocycles. The van der Waals surface area contributed by atoms with Gasteiger partial charge in [0.2, 0.25) is 5.92 Å². The molecule has 174 valence electrons. The lowest BCUT2D eigenvalue weighted by Crippen LogP contribution is -2.52. The van der Waals surface area contributed by atoms with E-state index >= 15 is 0 Å². The number of benzene rings is 1. The first-order chi connectivity index (χ1) is 15.6. The number of alkyl halides is 2. The van der Waals surface area contributed by atoms with E-state index in [9.17, 15) is 18.0 Å². The molecular weight excluding hydrogens is 457 g/mol. The number of fused-ring (bicyclic) bond motifs is 1. The molecule has 1 saturated heterocycles. The summed E-state index contributed by atoms with van der Waals surface area (Å²) in [5, 5.41) is 0.238. The highest BCUT2D eigenvalue weighted by Gasteiger charge is 2.49. The smallest absolute Gasteiger partial charge is 0.261 e. The van der Waals surface area contributed by atoms with E-state index in [1.54, 1.807) is 26.1 Å². The molecule has 33 heavy (non-hydrogen) atoms. The minimum absolute atomic E-state index is 0.164. The van der Waals surface area contributed by atoms with Gasteiger partial charge in [-0.3, -0.25) is 9.20 Å². The van der Waals surface area contributed by atoms with Crippen molar-refractivity contribution in [2.24, 2.45) is 5.92 Å². The Morgan fingerprint density at radius 3 is 2.67 bits per heavy atom. The van der Waals surface area contributed by atoms with Crippen LogP contribution in [0, 0.1) is 25.6 Å². The third-order valence-electron chi connectivity index (χ3n) is 6.52. The van der Waals surface area contributed by atoms with Crippen LogP contribution >= 0.6 is 11.6 Å². The Morgan fingerprint density at radius 2 is 1.97 bits per heavy atom. The molecule has 6 nitrogen and oxygen atoms in total. The highest BCUT2D eigenvalue weighted by molar-refractivity contribution is 6.30. The summed E-state index contributed by atoms with van der Waals surface area (Å²) in [6, 6.07) is 4.23. The Kier molecular flexibility index (Phi) is 5.36. The van der Waals surface area contributed by atoms with E-state index in [0.717, 1.165) is 0 Å². The Balaban J connectivity index is 1.62. The largest absolute Gasteiger partial charge is 0.374 e. The molecule has 1 aliphatic carbocycles. The number of nitrogens with zero attached hydrogens (tertiary/aromatic N) is 4. The summed E-state index contributed by atoms with van der Waals surface area (Å²) in [6.45, 7) is 4.56. The maximum atomic E-state index is 14.9. The van der Waals surface area contributed by atoms with Gasteiger partial charge >= 0.3 is 0 Å². The number of ether oxygens (including phenoxy) is 1. The van der Waals surface area contributed by atoms with Crippen molar-refractivity contribution in [1.82, 2.24) is 14.4 Å². The minimum Gasteiger partial charge on any atom is -0.374 e. The molecule has 3 heterocycles. The normalized spacial score (nSPS) is 20.8. The van der Waals surface area contributed by atoms with E-state index in [-0.39, 0.29) is 52.3 Å². The van der Waals surface area contributed by atoms with Crippen LogP contribution in [-0.4, -0.2) is 46.1 Å². The Hall–Kier alpha value is -2.65. The molecule has 1 saturated carbocycles. The minimum atomic E-state index is -2.63. The number of morpholine rings is 1. The van der Waals surface area contributed by atoms with E-state index in [1.807, 2.05) is 4.90 Å². The molecule has 0 spiro atoms. The van der Waals surface area contributed by atoms with Gasteiger partial charge in [0.1, 0.15) is 17.3 Å². The first-order valence-electron chi connectivity index (χ1n) is 10.7. The van der Waals surface area contributed by atoms with Crippen molar-refractivity contribution in [3.63, 3.8) is 0 Å². The molecule has 2 aromatic heterocycles. The van der Waals surface area contributed by atoms with Gasteiger partial charge in [-0.2, -0.15) is 0 Å². The van der Waals surface area contributed by atoms with Crippen LogP contribution in [0.5, 0.6) is 0 Å². The number of aryl methyl sites for hydroxylation is 1.